The van der Waals surface area contributed by atoms with E-state index in [0.717, 1.165) is 0 Å². The molecule has 110 valence electrons. The molecule has 0 fully saturated rings. The number of carboxylic acid groups (broad SMARTS) is 1. The highest BCUT2D eigenvalue weighted by Gasteiger charge is 2.21. The molecule has 0 unspecified atom stereocenters. The molecule has 1 heterocycles. The molecule has 0 spiro atoms. The van der Waals surface area contributed by atoms with Gasteiger partial charge in [0.2, 0.25) is 0 Å². The van der Waals surface area contributed by atoms with Crippen molar-refractivity contribution in [3.63, 3.8) is 0 Å². The molecule has 0 aliphatic rings. The van der Waals surface area contributed by atoms with Gasteiger partial charge in [0.1, 0.15) is 0 Å². The molecule has 1 atom stereocenters. The molecule has 2 aromatic rings. The third-order valence-corrected chi connectivity index (χ3v) is 2.75. The Morgan fingerprint density at radius 1 is 1.29 bits per heavy atom. The number of aliphatic carboxylic acids is 1. The summed E-state index contributed by atoms with van der Waals surface area (Å²) in [6.07, 6.45) is 3.21. The van der Waals surface area contributed by atoms with Crippen LogP contribution in [0, 0.1) is 0 Å². The first-order chi connectivity index (χ1) is 10.2. The van der Waals surface area contributed by atoms with E-state index in [1.807, 2.05) is 0 Å². The molecule has 8 heteroatoms. The SMILES string of the molecule is O=C(NCCn1ccnn1)N[C@H](C(=O)O)c1ccccc1. The molecule has 0 saturated heterocycles. The summed E-state index contributed by atoms with van der Waals surface area (Å²) in [6.45, 7) is 0.771. The van der Waals surface area contributed by atoms with E-state index in [1.54, 1.807) is 41.2 Å². The fourth-order valence-corrected chi connectivity index (χ4v) is 1.75. The fourth-order valence-electron chi connectivity index (χ4n) is 1.75. The Balaban J connectivity index is 1.85. The van der Waals surface area contributed by atoms with Crippen LogP contribution in [-0.2, 0) is 11.3 Å². The summed E-state index contributed by atoms with van der Waals surface area (Å²) >= 11 is 0. The monoisotopic (exact) mass is 289 g/mol. The number of nitrogens with one attached hydrogen (secondary N) is 2. The molecule has 21 heavy (non-hydrogen) atoms. The van der Waals surface area contributed by atoms with E-state index in [9.17, 15) is 14.7 Å². The Bertz CT molecular complexity index is 585. The van der Waals surface area contributed by atoms with Crippen LogP contribution in [0.1, 0.15) is 11.6 Å². The average Bonchev–Trinajstić information content (AvgIpc) is 2.98. The Kier molecular flexibility index (Phi) is 4.86. The van der Waals surface area contributed by atoms with Crippen LogP contribution in [0.4, 0.5) is 4.79 Å². The van der Waals surface area contributed by atoms with Crippen molar-refractivity contribution in [2.75, 3.05) is 6.54 Å². The van der Waals surface area contributed by atoms with Crippen molar-refractivity contribution in [3.8, 4) is 0 Å². The summed E-state index contributed by atoms with van der Waals surface area (Å²) in [4.78, 5) is 23.0. The second-order valence-electron chi connectivity index (χ2n) is 4.25. The quantitative estimate of drug-likeness (QED) is 0.713. The zero-order valence-corrected chi connectivity index (χ0v) is 11.1. The molecular formula is C13H15N5O3. The van der Waals surface area contributed by atoms with Crippen LogP contribution in [0.5, 0.6) is 0 Å². The number of hydrogen-bond donors (Lipinski definition) is 3. The Labute approximate surface area is 120 Å². The maximum absolute atomic E-state index is 11.7. The summed E-state index contributed by atoms with van der Waals surface area (Å²) in [6, 6.07) is 6.87. The van der Waals surface area contributed by atoms with Gasteiger partial charge in [0.15, 0.2) is 6.04 Å². The van der Waals surface area contributed by atoms with Gasteiger partial charge in [-0.2, -0.15) is 0 Å². The Morgan fingerprint density at radius 2 is 2.05 bits per heavy atom. The fraction of sp³-hybridized carbons (Fsp3) is 0.231. The van der Waals surface area contributed by atoms with E-state index in [1.165, 1.54) is 6.20 Å². The van der Waals surface area contributed by atoms with E-state index >= 15 is 0 Å². The van der Waals surface area contributed by atoms with Crippen LogP contribution >= 0.6 is 0 Å². The predicted molar refractivity (Wildman–Crippen MR) is 73.4 cm³/mol. The van der Waals surface area contributed by atoms with Crippen LogP contribution < -0.4 is 10.6 Å². The van der Waals surface area contributed by atoms with Crippen molar-refractivity contribution in [1.29, 1.82) is 0 Å². The van der Waals surface area contributed by atoms with Gasteiger partial charge in [-0.25, -0.2) is 9.59 Å². The third kappa shape index (κ3) is 4.30. The van der Waals surface area contributed by atoms with Gasteiger partial charge in [-0.1, -0.05) is 35.5 Å². The van der Waals surface area contributed by atoms with Gasteiger partial charge < -0.3 is 15.7 Å². The molecule has 8 nitrogen and oxygen atoms in total. The van der Waals surface area contributed by atoms with Crippen molar-refractivity contribution in [1.82, 2.24) is 25.6 Å². The highest BCUT2D eigenvalue weighted by atomic mass is 16.4. The number of rotatable bonds is 6. The largest absolute Gasteiger partial charge is 0.479 e. The normalized spacial score (nSPS) is 11.6. The molecule has 0 bridgehead atoms. The zero-order chi connectivity index (χ0) is 15.1. The van der Waals surface area contributed by atoms with E-state index in [0.29, 0.717) is 18.7 Å². The van der Waals surface area contributed by atoms with E-state index in [2.05, 4.69) is 20.9 Å². The van der Waals surface area contributed by atoms with Crippen LogP contribution in [0.3, 0.4) is 0 Å². The highest BCUT2D eigenvalue weighted by molar-refractivity contribution is 5.83. The molecule has 0 radical (unpaired) electrons. The molecule has 0 saturated carbocycles. The molecule has 1 aromatic carbocycles. The molecular weight excluding hydrogens is 274 g/mol. The molecule has 0 aliphatic heterocycles. The van der Waals surface area contributed by atoms with Crippen LogP contribution in [-0.4, -0.2) is 38.6 Å². The van der Waals surface area contributed by atoms with Gasteiger partial charge in [0.05, 0.1) is 12.7 Å². The van der Waals surface area contributed by atoms with Crippen molar-refractivity contribution >= 4 is 12.0 Å². The minimum Gasteiger partial charge on any atom is -0.479 e. The van der Waals surface area contributed by atoms with Gasteiger partial charge in [-0.3, -0.25) is 4.68 Å². The lowest BCUT2D eigenvalue weighted by Crippen LogP contribution is -2.41. The van der Waals surface area contributed by atoms with Crippen molar-refractivity contribution in [2.45, 2.75) is 12.6 Å². The number of urea groups is 1. The third-order valence-electron chi connectivity index (χ3n) is 2.75. The minimum absolute atomic E-state index is 0.316. The number of aromatic nitrogens is 3. The lowest BCUT2D eigenvalue weighted by Gasteiger charge is -2.15. The number of nitrogens with zero attached hydrogens (tertiary/aromatic N) is 3. The number of carbonyl (C=O) groups is 2. The first kappa shape index (κ1) is 14.5. The Morgan fingerprint density at radius 3 is 2.67 bits per heavy atom. The number of benzene rings is 1. The van der Waals surface area contributed by atoms with Gasteiger partial charge in [-0.05, 0) is 5.56 Å². The molecule has 3 N–H and O–H groups in total. The number of amides is 2. The summed E-state index contributed by atoms with van der Waals surface area (Å²) in [7, 11) is 0. The molecule has 2 rings (SSSR count). The van der Waals surface area contributed by atoms with Gasteiger partial charge in [0, 0.05) is 12.7 Å². The zero-order valence-electron chi connectivity index (χ0n) is 11.1. The van der Waals surface area contributed by atoms with Gasteiger partial charge >= 0.3 is 12.0 Å². The summed E-state index contributed by atoms with van der Waals surface area (Å²) in [5, 5.41) is 21.6. The number of hydrogen-bond acceptors (Lipinski definition) is 4. The Hall–Kier alpha value is -2.90. The van der Waals surface area contributed by atoms with Crippen LogP contribution in [0.15, 0.2) is 42.7 Å². The summed E-state index contributed by atoms with van der Waals surface area (Å²) in [5.74, 6) is -1.12. The van der Waals surface area contributed by atoms with E-state index < -0.39 is 18.0 Å². The predicted octanol–water partition coefficient (Wildman–Crippen LogP) is 0.403. The van der Waals surface area contributed by atoms with Crippen molar-refractivity contribution in [3.05, 3.63) is 48.3 Å². The topological polar surface area (TPSA) is 109 Å². The lowest BCUT2D eigenvalue weighted by molar-refractivity contribution is -0.139. The van der Waals surface area contributed by atoms with Gasteiger partial charge in [0.25, 0.3) is 0 Å². The standard InChI is InChI=1S/C13H15N5O3/c19-12(20)11(10-4-2-1-3-5-10)16-13(21)14-6-8-18-9-7-15-17-18/h1-5,7,9,11H,6,8H2,(H,19,20)(H2,14,16,21)/t11-/m0/s1. The van der Waals surface area contributed by atoms with Gasteiger partial charge in [-0.15, -0.1) is 5.10 Å². The van der Waals surface area contributed by atoms with E-state index in [4.69, 9.17) is 0 Å². The summed E-state index contributed by atoms with van der Waals surface area (Å²) < 4.78 is 1.56. The maximum Gasteiger partial charge on any atom is 0.330 e. The summed E-state index contributed by atoms with van der Waals surface area (Å²) in [5.41, 5.74) is 0.511. The second-order valence-corrected chi connectivity index (χ2v) is 4.25. The number of carboxylic acids is 1. The molecule has 2 amide bonds. The maximum atomic E-state index is 11.7. The van der Waals surface area contributed by atoms with Crippen molar-refractivity contribution in [2.24, 2.45) is 0 Å². The van der Waals surface area contributed by atoms with Crippen LogP contribution in [0.25, 0.3) is 0 Å². The number of carbonyl (C=O) groups excluding carboxylic acids is 1. The highest BCUT2D eigenvalue weighted by Crippen LogP contribution is 2.12. The first-order valence-electron chi connectivity index (χ1n) is 6.33. The first-order valence-corrected chi connectivity index (χ1v) is 6.33. The minimum atomic E-state index is -1.12. The smallest absolute Gasteiger partial charge is 0.330 e. The lowest BCUT2D eigenvalue weighted by atomic mass is 10.1. The van der Waals surface area contributed by atoms with Crippen LogP contribution in [0.2, 0.25) is 0 Å². The molecule has 0 aliphatic carbocycles. The van der Waals surface area contributed by atoms with Crippen molar-refractivity contribution < 1.29 is 14.7 Å². The average molecular weight is 289 g/mol. The van der Waals surface area contributed by atoms with E-state index in [-0.39, 0.29) is 0 Å². The second kappa shape index (κ2) is 7.04. The molecule has 1 aromatic heterocycles.